The van der Waals surface area contributed by atoms with Crippen LogP contribution in [0.15, 0.2) is 36.9 Å². The summed E-state index contributed by atoms with van der Waals surface area (Å²) in [7, 11) is 0. The minimum absolute atomic E-state index is 0.0631. The van der Waals surface area contributed by atoms with Gasteiger partial charge in [-0.1, -0.05) is 6.07 Å². The molecule has 4 N–H and O–H groups in total. The normalized spacial score (nSPS) is 9.89. The average molecular weight is 247 g/mol. The van der Waals surface area contributed by atoms with Crippen molar-refractivity contribution in [2.75, 3.05) is 10.7 Å². The summed E-state index contributed by atoms with van der Waals surface area (Å²) in [5, 5.41) is 2.53. The number of nitrogens with two attached hydrogens (primary N) is 1. The number of anilines is 2. The predicted octanol–water partition coefficient (Wildman–Crippen LogP) is 1.15. The van der Waals surface area contributed by atoms with Crippen LogP contribution in [0.3, 0.4) is 0 Å². The number of rotatable bonds is 3. The van der Waals surface area contributed by atoms with Crippen LogP contribution < -0.4 is 16.6 Å². The van der Waals surface area contributed by atoms with Crippen LogP contribution in [-0.4, -0.2) is 15.9 Å². The molecule has 2 aromatic rings. The van der Waals surface area contributed by atoms with Crippen molar-refractivity contribution in [2.45, 2.75) is 0 Å². The predicted molar refractivity (Wildman–Crippen MR) is 64.2 cm³/mol. The smallest absolute Gasteiger partial charge is 0.258 e. The number of nitrogens with zero attached hydrogens (tertiary/aromatic N) is 2. The Bertz CT molecular complexity index is 561. The summed E-state index contributed by atoms with van der Waals surface area (Å²) in [6.45, 7) is 0. The third kappa shape index (κ3) is 2.41. The van der Waals surface area contributed by atoms with E-state index >= 15 is 0 Å². The van der Waals surface area contributed by atoms with E-state index in [0.29, 0.717) is 5.69 Å². The molecule has 1 amide bonds. The Hall–Kier alpha value is -2.54. The highest BCUT2D eigenvalue weighted by atomic mass is 19.1. The first-order valence-electron chi connectivity index (χ1n) is 5.04. The van der Waals surface area contributed by atoms with Crippen LogP contribution >= 0.6 is 0 Å². The second-order valence-electron chi connectivity index (χ2n) is 3.39. The molecule has 0 aliphatic heterocycles. The zero-order valence-electron chi connectivity index (χ0n) is 9.22. The topological polar surface area (TPSA) is 92.9 Å². The molecule has 6 nitrogen and oxygen atoms in total. The SMILES string of the molecule is NNc1c(F)cccc1C(=O)Nc1cncnc1. The average Bonchev–Trinajstić information content (AvgIpc) is 2.39. The summed E-state index contributed by atoms with van der Waals surface area (Å²) in [6.07, 6.45) is 4.20. The number of carbonyl (C=O) groups excluding carboxylic acids is 1. The molecule has 0 aliphatic rings. The van der Waals surface area contributed by atoms with Gasteiger partial charge in [0.25, 0.3) is 5.91 Å². The van der Waals surface area contributed by atoms with Crippen molar-refractivity contribution in [2.24, 2.45) is 5.84 Å². The number of carbonyl (C=O) groups is 1. The van der Waals surface area contributed by atoms with E-state index < -0.39 is 11.7 Å². The Morgan fingerprint density at radius 1 is 1.28 bits per heavy atom. The van der Waals surface area contributed by atoms with Crippen molar-refractivity contribution >= 4 is 17.3 Å². The summed E-state index contributed by atoms with van der Waals surface area (Å²) in [4.78, 5) is 19.4. The molecule has 7 heteroatoms. The first-order chi connectivity index (χ1) is 8.72. The van der Waals surface area contributed by atoms with Crippen molar-refractivity contribution < 1.29 is 9.18 Å². The van der Waals surface area contributed by atoms with E-state index in [0.717, 1.165) is 0 Å². The molecule has 92 valence electrons. The highest BCUT2D eigenvalue weighted by molar-refractivity contribution is 6.07. The maximum absolute atomic E-state index is 13.4. The van der Waals surface area contributed by atoms with Gasteiger partial charge in [0.05, 0.1) is 29.3 Å². The number of nitrogen functional groups attached to an aromatic ring is 1. The van der Waals surface area contributed by atoms with E-state index in [9.17, 15) is 9.18 Å². The van der Waals surface area contributed by atoms with Gasteiger partial charge in [0.15, 0.2) is 0 Å². The zero-order valence-corrected chi connectivity index (χ0v) is 9.22. The Labute approximate surface area is 102 Å². The second-order valence-corrected chi connectivity index (χ2v) is 3.39. The van der Waals surface area contributed by atoms with E-state index in [1.54, 1.807) is 0 Å². The molecular formula is C11H10FN5O. The van der Waals surface area contributed by atoms with Gasteiger partial charge in [-0.2, -0.15) is 0 Å². The van der Waals surface area contributed by atoms with E-state index in [-0.39, 0.29) is 11.3 Å². The molecule has 0 saturated carbocycles. The minimum Gasteiger partial charge on any atom is -0.321 e. The fraction of sp³-hybridized carbons (Fsp3) is 0. The fourth-order valence-electron chi connectivity index (χ4n) is 1.42. The highest BCUT2D eigenvalue weighted by Crippen LogP contribution is 2.19. The Morgan fingerprint density at radius 2 is 2.00 bits per heavy atom. The van der Waals surface area contributed by atoms with Crippen molar-refractivity contribution in [1.82, 2.24) is 9.97 Å². The van der Waals surface area contributed by atoms with E-state index in [4.69, 9.17) is 5.84 Å². The molecule has 0 unspecified atom stereocenters. The molecule has 0 fully saturated rings. The number of para-hydroxylation sites is 1. The van der Waals surface area contributed by atoms with Crippen LogP contribution in [0, 0.1) is 5.82 Å². The van der Waals surface area contributed by atoms with Gasteiger partial charge in [0, 0.05) is 0 Å². The standard InChI is InChI=1S/C11H10FN5O/c12-9-3-1-2-8(10(9)17-13)11(18)16-7-4-14-6-15-5-7/h1-6,17H,13H2,(H,16,18). The molecule has 0 aliphatic carbocycles. The van der Waals surface area contributed by atoms with Gasteiger partial charge in [-0.3, -0.25) is 10.6 Å². The van der Waals surface area contributed by atoms with Crippen LogP contribution in [0.1, 0.15) is 10.4 Å². The summed E-state index contributed by atoms with van der Waals surface area (Å²) < 4.78 is 13.4. The van der Waals surface area contributed by atoms with E-state index in [1.165, 1.54) is 36.9 Å². The lowest BCUT2D eigenvalue weighted by molar-refractivity contribution is 0.102. The molecule has 1 aromatic heterocycles. The van der Waals surface area contributed by atoms with Gasteiger partial charge in [-0.15, -0.1) is 0 Å². The Kier molecular flexibility index (Phi) is 3.44. The van der Waals surface area contributed by atoms with Gasteiger partial charge in [0.1, 0.15) is 12.1 Å². The van der Waals surface area contributed by atoms with Gasteiger partial charge < -0.3 is 10.7 Å². The number of hydrogen-bond acceptors (Lipinski definition) is 5. The largest absolute Gasteiger partial charge is 0.321 e. The number of hydrazine groups is 1. The van der Waals surface area contributed by atoms with Crippen LogP contribution in [-0.2, 0) is 0 Å². The molecule has 1 heterocycles. The molecule has 1 aromatic carbocycles. The summed E-state index contributed by atoms with van der Waals surface area (Å²) in [6, 6.07) is 4.08. The van der Waals surface area contributed by atoms with Crippen molar-refractivity contribution in [3.8, 4) is 0 Å². The van der Waals surface area contributed by atoms with E-state index in [1.807, 2.05) is 0 Å². The third-order valence-electron chi connectivity index (χ3n) is 2.22. The number of aromatic nitrogens is 2. The van der Waals surface area contributed by atoms with E-state index in [2.05, 4.69) is 20.7 Å². The summed E-state index contributed by atoms with van der Waals surface area (Å²) in [5.74, 6) is 4.08. The quantitative estimate of drug-likeness (QED) is 0.559. The highest BCUT2D eigenvalue weighted by Gasteiger charge is 2.14. The lowest BCUT2D eigenvalue weighted by Gasteiger charge is -2.09. The van der Waals surface area contributed by atoms with Crippen LogP contribution in [0.5, 0.6) is 0 Å². The molecule has 2 rings (SSSR count). The lowest BCUT2D eigenvalue weighted by Crippen LogP contribution is -2.18. The minimum atomic E-state index is -0.602. The monoisotopic (exact) mass is 247 g/mol. The maximum Gasteiger partial charge on any atom is 0.258 e. The lowest BCUT2D eigenvalue weighted by atomic mass is 10.1. The van der Waals surface area contributed by atoms with Crippen LogP contribution in [0.25, 0.3) is 0 Å². The van der Waals surface area contributed by atoms with Crippen LogP contribution in [0.2, 0.25) is 0 Å². The number of benzene rings is 1. The van der Waals surface area contributed by atoms with Gasteiger partial charge in [0.2, 0.25) is 0 Å². The third-order valence-corrected chi connectivity index (χ3v) is 2.22. The number of halogens is 1. The zero-order chi connectivity index (χ0) is 13.0. The van der Waals surface area contributed by atoms with Gasteiger partial charge in [-0.25, -0.2) is 14.4 Å². The number of amides is 1. The van der Waals surface area contributed by atoms with Crippen molar-refractivity contribution in [3.63, 3.8) is 0 Å². The molecule has 18 heavy (non-hydrogen) atoms. The van der Waals surface area contributed by atoms with Crippen molar-refractivity contribution in [1.29, 1.82) is 0 Å². The van der Waals surface area contributed by atoms with Gasteiger partial charge >= 0.3 is 0 Å². The molecule has 0 radical (unpaired) electrons. The fourth-order valence-corrected chi connectivity index (χ4v) is 1.42. The Balaban J connectivity index is 2.27. The van der Waals surface area contributed by atoms with Crippen molar-refractivity contribution in [3.05, 3.63) is 48.3 Å². The molecule has 0 saturated heterocycles. The first-order valence-corrected chi connectivity index (χ1v) is 5.04. The molecule has 0 atom stereocenters. The second kappa shape index (κ2) is 5.19. The summed E-state index contributed by atoms with van der Waals surface area (Å²) >= 11 is 0. The maximum atomic E-state index is 13.4. The number of nitrogens with one attached hydrogen (secondary N) is 2. The number of hydrogen-bond donors (Lipinski definition) is 3. The molecule has 0 spiro atoms. The van der Waals surface area contributed by atoms with Gasteiger partial charge in [-0.05, 0) is 12.1 Å². The molecule has 0 bridgehead atoms. The molecular weight excluding hydrogens is 237 g/mol. The Morgan fingerprint density at radius 3 is 2.67 bits per heavy atom. The summed E-state index contributed by atoms with van der Waals surface area (Å²) in [5.41, 5.74) is 2.61. The van der Waals surface area contributed by atoms with Crippen LogP contribution in [0.4, 0.5) is 15.8 Å². The first kappa shape index (κ1) is 11.9.